The quantitative estimate of drug-likeness (QED) is 0.768. The Labute approximate surface area is 95.2 Å². The van der Waals surface area contributed by atoms with E-state index in [9.17, 15) is 4.79 Å². The third-order valence-electron chi connectivity index (χ3n) is 2.93. The topological polar surface area (TPSA) is 59.0 Å². The van der Waals surface area contributed by atoms with E-state index < -0.39 is 0 Å². The molecule has 1 aliphatic heterocycles. The van der Waals surface area contributed by atoms with Crippen molar-refractivity contribution in [3.63, 3.8) is 0 Å². The third-order valence-corrected chi connectivity index (χ3v) is 2.93. The molecule has 1 atom stereocenters. The number of nitrogens with one attached hydrogen (secondary N) is 2. The van der Waals surface area contributed by atoms with Gasteiger partial charge in [0, 0.05) is 25.8 Å². The van der Waals surface area contributed by atoms with E-state index in [2.05, 4.69) is 15.7 Å². The maximum atomic E-state index is 11.8. The van der Waals surface area contributed by atoms with Crippen molar-refractivity contribution in [3.8, 4) is 0 Å². The molecule has 0 saturated carbocycles. The van der Waals surface area contributed by atoms with E-state index in [4.69, 9.17) is 0 Å². The first-order valence-electron chi connectivity index (χ1n) is 5.68. The number of amides is 1. The van der Waals surface area contributed by atoms with Crippen molar-refractivity contribution >= 4 is 5.91 Å². The molecule has 2 rings (SSSR count). The van der Waals surface area contributed by atoms with Crippen LogP contribution in [0.2, 0.25) is 0 Å². The van der Waals surface area contributed by atoms with Gasteiger partial charge in [-0.15, -0.1) is 0 Å². The average molecular weight is 222 g/mol. The van der Waals surface area contributed by atoms with Crippen LogP contribution in [0.25, 0.3) is 0 Å². The van der Waals surface area contributed by atoms with Gasteiger partial charge < -0.3 is 10.6 Å². The second kappa shape index (κ2) is 4.65. The summed E-state index contributed by atoms with van der Waals surface area (Å²) in [7, 11) is 1.82. The maximum Gasteiger partial charge on any atom is 0.254 e. The molecule has 5 nitrogen and oxygen atoms in total. The fraction of sp³-hybridized carbons (Fsp3) is 0.636. The summed E-state index contributed by atoms with van der Waals surface area (Å²) in [6.07, 6.45) is 4.10. The molecule has 1 amide bonds. The normalized spacial score (nSPS) is 20.0. The first-order chi connectivity index (χ1) is 7.66. The van der Waals surface area contributed by atoms with Crippen molar-refractivity contribution in [2.24, 2.45) is 7.05 Å². The molecule has 0 bridgehead atoms. The number of aromatic nitrogens is 2. The number of hydrogen-bond donors (Lipinski definition) is 2. The number of rotatable bonds is 3. The number of carbonyl (C=O) groups is 1. The SMILES string of the molecule is Cc1nn(C)cc1C(=O)NCC1CCCN1. The summed E-state index contributed by atoms with van der Waals surface area (Å²) in [6, 6.07) is 0.431. The Kier molecular flexibility index (Phi) is 3.24. The minimum atomic E-state index is -0.0284. The molecule has 0 aliphatic carbocycles. The highest BCUT2D eigenvalue weighted by atomic mass is 16.1. The zero-order valence-corrected chi connectivity index (χ0v) is 9.79. The van der Waals surface area contributed by atoms with Gasteiger partial charge in [0.05, 0.1) is 11.3 Å². The molecule has 1 aromatic heterocycles. The number of hydrogen-bond acceptors (Lipinski definition) is 3. The molecule has 0 aromatic carbocycles. The van der Waals surface area contributed by atoms with E-state index in [1.54, 1.807) is 10.9 Å². The summed E-state index contributed by atoms with van der Waals surface area (Å²) < 4.78 is 1.66. The molecule has 2 N–H and O–H groups in total. The van der Waals surface area contributed by atoms with Crippen LogP contribution in [-0.4, -0.2) is 34.8 Å². The van der Waals surface area contributed by atoms with Crippen LogP contribution in [0.1, 0.15) is 28.9 Å². The minimum Gasteiger partial charge on any atom is -0.350 e. The number of nitrogens with zero attached hydrogens (tertiary/aromatic N) is 2. The van der Waals surface area contributed by atoms with E-state index in [0.29, 0.717) is 18.2 Å². The molecule has 1 fully saturated rings. The first-order valence-corrected chi connectivity index (χ1v) is 5.68. The van der Waals surface area contributed by atoms with E-state index in [1.165, 1.54) is 6.42 Å². The minimum absolute atomic E-state index is 0.0284. The molecular formula is C11H18N4O. The van der Waals surface area contributed by atoms with Crippen LogP contribution in [0, 0.1) is 6.92 Å². The molecule has 0 spiro atoms. The van der Waals surface area contributed by atoms with E-state index in [0.717, 1.165) is 18.7 Å². The molecule has 88 valence electrons. The van der Waals surface area contributed by atoms with Crippen molar-refractivity contribution in [3.05, 3.63) is 17.5 Å². The van der Waals surface area contributed by atoms with Crippen LogP contribution < -0.4 is 10.6 Å². The lowest BCUT2D eigenvalue weighted by Gasteiger charge is -2.10. The second-order valence-electron chi connectivity index (χ2n) is 4.31. The van der Waals surface area contributed by atoms with Crippen molar-refractivity contribution in [1.29, 1.82) is 0 Å². The van der Waals surface area contributed by atoms with Crippen molar-refractivity contribution in [2.75, 3.05) is 13.1 Å². The predicted molar refractivity (Wildman–Crippen MR) is 61.3 cm³/mol. The van der Waals surface area contributed by atoms with Gasteiger partial charge in [0.25, 0.3) is 5.91 Å². The lowest BCUT2D eigenvalue weighted by molar-refractivity contribution is 0.0949. The molecule has 2 heterocycles. The third kappa shape index (κ3) is 2.41. The predicted octanol–water partition coefficient (Wildman–Crippen LogP) is 0.210. The smallest absolute Gasteiger partial charge is 0.254 e. The van der Waals surface area contributed by atoms with Crippen LogP contribution in [-0.2, 0) is 7.05 Å². The van der Waals surface area contributed by atoms with Gasteiger partial charge in [-0.3, -0.25) is 9.48 Å². The first kappa shape index (κ1) is 11.1. The fourth-order valence-corrected chi connectivity index (χ4v) is 2.06. The van der Waals surface area contributed by atoms with Gasteiger partial charge in [0.1, 0.15) is 0 Å². The van der Waals surface area contributed by atoms with Crippen LogP contribution in [0.5, 0.6) is 0 Å². The monoisotopic (exact) mass is 222 g/mol. The Balaban J connectivity index is 1.90. The number of aryl methyl sites for hydroxylation is 2. The molecular weight excluding hydrogens is 204 g/mol. The van der Waals surface area contributed by atoms with Crippen molar-refractivity contribution in [1.82, 2.24) is 20.4 Å². The van der Waals surface area contributed by atoms with Crippen LogP contribution in [0.3, 0.4) is 0 Å². The van der Waals surface area contributed by atoms with Gasteiger partial charge in [-0.2, -0.15) is 5.10 Å². The highest BCUT2D eigenvalue weighted by Crippen LogP contribution is 2.06. The highest BCUT2D eigenvalue weighted by molar-refractivity contribution is 5.95. The Morgan fingerprint density at radius 2 is 2.56 bits per heavy atom. The summed E-state index contributed by atoms with van der Waals surface area (Å²) in [5.74, 6) is -0.0284. The van der Waals surface area contributed by atoms with Gasteiger partial charge in [-0.05, 0) is 26.3 Å². The van der Waals surface area contributed by atoms with E-state index in [1.807, 2.05) is 14.0 Å². The Morgan fingerprint density at radius 3 is 3.12 bits per heavy atom. The maximum absolute atomic E-state index is 11.8. The van der Waals surface area contributed by atoms with Crippen LogP contribution in [0.4, 0.5) is 0 Å². The summed E-state index contributed by atoms with van der Waals surface area (Å²) in [4.78, 5) is 11.8. The average Bonchev–Trinajstić information content (AvgIpc) is 2.84. The summed E-state index contributed by atoms with van der Waals surface area (Å²) in [5, 5.41) is 10.4. The van der Waals surface area contributed by atoms with Gasteiger partial charge in [0.15, 0.2) is 0 Å². The summed E-state index contributed by atoms with van der Waals surface area (Å²) >= 11 is 0. The Morgan fingerprint density at radius 1 is 1.75 bits per heavy atom. The van der Waals surface area contributed by atoms with Crippen molar-refractivity contribution in [2.45, 2.75) is 25.8 Å². The summed E-state index contributed by atoms with van der Waals surface area (Å²) in [5.41, 5.74) is 1.44. The number of carbonyl (C=O) groups excluding carboxylic acids is 1. The standard InChI is InChI=1S/C11H18N4O/c1-8-10(7-15(2)14-8)11(16)13-6-9-4-3-5-12-9/h7,9,12H,3-6H2,1-2H3,(H,13,16). The Bertz CT molecular complexity index is 379. The largest absolute Gasteiger partial charge is 0.350 e. The molecule has 0 radical (unpaired) electrons. The summed E-state index contributed by atoms with van der Waals surface area (Å²) in [6.45, 7) is 3.61. The lowest BCUT2D eigenvalue weighted by atomic mass is 10.2. The van der Waals surface area contributed by atoms with Gasteiger partial charge >= 0.3 is 0 Å². The van der Waals surface area contributed by atoms with E-state index >= 15 is 0 Å². The fourth-order valence-electron chi connectivity index (χ4n) is 2.06. The second-order valence-corrected chi connectivity index (χ2v) is 4.31. The van der Waals surface area contributed by atoms with Crippen molar-refractivity contribution < 1.29 is 4.79 Å². The van der Waals surface area contributed by atoms with Crippen LogP contribution >= 0.6 is 0 Å². The highest BCUT2D eigenvalue weighted by Gasteiger charge is 2.17. The zero-order chi connectivity index (χ0) is 11.5. The zero-order valence-electron chi connectivity index (χ0n) is 9.79. The van der Waals surface area contributed by atoms with Gasteiger partial charge in [-0.25, -0.2) is 0 Å². The molecule has 16 heavy (non-hydrogen) atoms. The van der Waals surface area contributed by atoms with E-state index in [-0.39, 0.29) is 5.91 Å². The molecule has 1 unspecified atom stereocenters. The molecule has 5 heteroatoms. The van der Waals surface area contributed by atoms with Crippen LogP contribution in [0.15, 0.2) is 6.20 Å². The molecule has 1 saturated heterocycles. The van der Waals surface area contributed by atoms with Gasteiger partial charge in [-0.1, -0.05) is 0 Å². The Hall–Kier alpha value is -1.36. The molecule has 1 aromatic rings. The van der Waals surface area contributed by atoms with Gasteiger partial charge in [0.2, 0.25) is 0 Å². The molecule has 1 aliphatic rings. The lowest BCUT2D eigenvalue weighted by Crippen LogP contribution is -2.37.